The number of allylic oxidation sites excluding steroid dienone is 8. The van der Waals surface area contributed by atoms with E-state index in [1.54, 1.807) is 0 Å². The van der Waals surface area contributed by atoms with Gasteiger partial charge < -0.3 is 4.42 Å². The molecule has 0 bridgehead atoms. The van der Waals surface area contributed by atoms with Gasteiger partial charge in [-0.25, -0.2) is 0 Å². The number of rotatable bonds is 3. The lowest BCUT2D eigenvalue weighted by Crippen LogP contribution is -2.03. The minimum Gasteiger partial charge on any atom is -0.456 e. The van der Waals surface area contributed by atoms with Gasteiger partial charge in [0, 0.05) is 16.4 Å². The Morgan fingerprint density at radius 1 is 0.955 bits per heavy atom. The Kier molecular flexibility index (Phi) is 3.97. The van der Waals surface area contributed by atoms with Crippen molar-refractivity contribution in [1.29, 1.82) is 0 Å². The third-order valence-electron chi connectivity index (χ3n) is 3.85. The highest BCUT2D eigenvalue weighted by Gasteiger charge is 2.18. The van der Waals surface area contributed by atoms with E-state index in [0.29, 0.717) is 0 Å². The maximum Gasteiger partial charge on any atom is 0.135 e. The van der Waals surface area contributed by atoms with Crippen LogP contribution in [0.1, 0.15) is 25.2 Å². The average Bonchev–Trinajstić information content (AvgIpc) is 2.80. The Hall–Kier alpha value is -2.54. The van der Waals surface area contributed by atoms with Crippen molar-refractivity contribution in [3.63, 3.8) is 0 Å². The fourth-order valence-corrected chi connectivity index (χ4v) is 2.57. The highest BCUT2D eigenvalue weighted by atomic mass is 16.3. The summed E-state index contributed by atoms with van der Waals surface area (Å²) in [5, 5.41) is 1.17. The van der Waals surface area contributed by atoms with Crippen molar-refractivity contribution in [2.24, 2.45) is 5.41 Å². The molecule has 1 aromatic carbocycles. The molecule has 2 aromatic rings. The molecule has 22 heavy (non-hydrogen) atoms. The summed E-state index contributed by atoms with van der Waals surface area (Å²) in [5.41, 5.74) is 1.99. The minimum absolute atomic E-state index is 0.108. The molecule has 0 radical (unpaired) electrons. The summed E-state index contributed by atoms with van der Waals surface area (Å²) in [4.78, 5) is 0. The minimum atomic E-state index is -0.108. The highest BCUT2D eigenvalue weighted by molar-refractivity contribution is 5.91. The molecule has 0 amide bonds. The number of benzene rings is 1. The quantitative estimate of drug-likeness (QED) is 0.616. The van der Waals surface area contributed by atoms with Gasteiger partial charge in [-0.3, -0.25) is 0 Å². The maximum atomic E-state index is 5.94. The van der Waals surface area contributed by atoms with Gasteiger partial charge in [0.2, 0.25) is 0 Å². The Labute approximate surface area is 131 Å². The molecule has 0 N–H and O–H groups in total. The van der Waals surface area contributed by atoms with Crippen molar-refractivity contribution < 1.29 is 4.42 Å². The van der Waals surface area contributed by atoms with Gasteiger partial charge in [0.05, 0.1) is 0 Å². The molecule has 0 spiro atoms. The molecule has 1 aliphatic carbocycles. The predicted octanol–water partition coefficient (Wildman–Crippen LogP) is 6.17. The highest BCUT2D eigenvalue weighted by Crippen LogP contribution is 2.34. The fraction of sp³-hybridized carbons (Fsp3) is 0.143. The normalized spacial score (nSPS) is 21.4. The van der Waals surface area contributed by atoms with Crippen molar-refractivity contribution in [2.45, 2.75) is 13.8 Å². The van der Waals surface area contributed by atoms with Gasteiger partial charge in [0.15, 0.2) is 0 Å². The van der Waals surface area contributed by atoms with Crippen LogP contribution in [0.2, 0.25) is 0 Å². The van der Waals surface area contributed by atoms with Crippen LogP contribution in [0.15, 0.2) is 77.3 Å². The monoisotopic (exact) mass is 288 g/mol. The molecule has 1 aromatic heterocycles. The second kappa shape index (κ2) is 6.07. The molecule has 110 valence electrons. The number of hydrogen-bond acceptors (Lipinski definition) is 1. The number of furan rings is 1. The van der Waals surface area contributed by atoms with E-state index in [1.807, 2.05) is 49.4 Å². The largest absolute Gasteiger partial charge is 0.456 e. The summed E-state index contributed by atoms with van der Waals surface area (Å²) in [7, 11) is 0. The summed E-state index contributed by atoms with van der Waals surface area (Å²) < 4.78 is 5.94. The zero-order valence-corrected chi connectivity index (χ0v) is 13.0. The van der Waals surface area contributed by atoms with E-state index >= 15 is 0 Å². The van der Waals surface area contributed by atoms with Crippen LogP contribution >= 0.6 is 0 Å². The molecule has 1 unspecified atom stereocenters. The lowest BCUT2D eigenvalue weighted by molar-refractivity contribution is 0.602. The van der Waals surface area contributed by atoms with Crippen LogP contribution < -0.4 is 0 Å². The standard InChI is InChI=1S/C21H20O/c1-3-4-5-6-9-14-21(2)15-12-18-17-10-7-8-11-19(17)22-20(18)13-16-21/h3-16H,1-2H3/b4-3-,6-5-,14-9+. The Morgan fingerprint density at radius 3 is 2.59 bits per heavy atom. The summed E-state index contributed by atoms with van der Waals surface area (Å²) in [6.07, 6.45) is 21.0. The molecule has 1 aliphatic rings. The zero-order chi connectivity index (χ0) is 15.4. The van der Waals surface area contributed by atoms with Crippen LogP contribution in [0.5, 0.6) is 0 Å². The van der Waals surface area contributed by atoms with Crippen molar-refractivity contribution in [3.05, 3.63) is 84.2 Å². The second-order valence-electron chi connectivity index (χ2n) is 5.68. The molecule has 0 aliphatic heterocycles. The van der Waals surface area contributed by atoms with Crippen molar-refractivity contribution in [3.8, 4) is 0 Å². The van der Waals surface area contributed by atoms with Gasteiger partial charge in [0.1, 0.15) is 11.3 Å². The molecule has 1 heterocycles. The van der Waals surface area contributed by atoms with Gasteiger partial charge in [-0.2, -0.15) is 0 Å². The topological polar surface area (TPSA) is 13.1 Å². The van der Waals surface area contributed by atoms with E-state index in [4.69, 9.17) is 4.42 Å². The van der Waals surface area contributed by atoms with Crippen molar-refractivity contribution in [1.82, 2.24) is 0 Å². The first-order valence-corrected chi connectivity index (χ1v) is 7.59. The van der Waals surface area contributed by atoms with Crippen LogP contribution in [-0.2, 0) is 0 Å². The molecule has 3 rings (SSSR count). The third kappa shape index (κ3) is 2.89. The Bertz CT molecular complexity index is 812. The molecule has 1 atom stereocenters. The molecule has 1 nitrogen and oxygen atoms in total. The lowest BCUT2D eigenvalue weighted by Gasteiger charge is -2.15. The predicted molar refractivity (Wildman–Crippen MR) is 95.5 cm³/mol. The van der Waals surface area contributed by atoms with Gasteiger partial charge in [0.25, 0.3) is 0 Å². The van der Waals surface area contributed by atoms with Crippen LogP contribution in [-0.4, -0.2) is 0 Å². The SMILES string of the molecule is C\C=C/C=C\C=C\C1(C)C=Cc2oc3ccccc3c2C=C1. The van der Waals surface area contributed by atoms with E-state index in [1.165, 1.54) is 5.39 Å². The summed E-state index contributed by atoms with van der Waals surface area (Å²) in [6.45, 7) is 4.20. The van der Waals surface area contributed by atoms with Gasteiger partial charge in [-0.05, 0) is 26.0 Å². The fourth-order valence-electron chi connectivity index (χ4n) is 2.57. The maximum absolute atomic E-state index is 5.94. The number of para-hydroxylation sites is 1. The van der Waals surface area contributed by atoms with Gasteiger partial charge in [-0.15, -0.1) is 0 Å². The second-order valence-corrected chi connectivity index (χ2v) is 5.68. The summed E-state index contributed by atoms with van der Waals surface area (Å²) in [6, 6.07) is 8.17. The van der Waals surface area contributed by atoms with Crippen molar-refractivity contribution >= 4 is 23.1 Å². The van der Waals surface area contributed by atoms with Gasteiger partial charge in [-0.1, -0.05) is 72.9 Å². The van der Waals surface area contributed by atoms with Crippen LogP contribution in [0.3, 0.4) is 0 Å². The van der Waals surface area contributed by atoms with Crippen molar-refractivity contribution in [2.75, 3.05) is 0 Å². The Morgan fingerprint density at radius 2 is 1.73 bits per heavy atom. The number of fused-ring (bicyclic) bond motifs is 3. The van der Waals surface area contributed by atoms with Crippen LogP contribution in [0, 0.1) is 5.41 Å². The molecule has 1 heteroatoms. The summed E-state index contributed by atoms with van der Waals surface area (Å²) >= 11 is 0. The Balaban J connectivity index is 1.91. The zero-order valence-electron chi connectivity index (χ0n) is 13.0. The first-order valence-electron chi connectivity index (χ1n) is 7.59. The smallest absolute Gasteiger partial charge is 0.135 e. The van der Waals surface area contributed by atoms with E-state index < -0.39 is 0 Å². The lowest BCUT2D eigenvalue weighted by atomic mass is 9.89. The molecular weight excluding hydrogens is 268 g/mol. The molecule has 0 saturated carbocycles. The van der Waals surface area contributed by atoms with Crippen LogP contribution in [0.4, 0.5) is 0 Å². The first-order chi connectivity index (χ1) is 10.7. The van der Waals surface area contributed by atoms with E-state index in [2.05, 4.69) is 49.4 Å². The summed E-state index contributed by atoms with van der Waals surface area (Å²) in [5.74, 6) is 0.930. The third-order valence-corrected chi connectivity index (χ3v) is 3.85. The first kappa shape index (κ1) is 14.4. The number of hydrogen-bond donors (Lipinski definition) is 0. The van der Waals surface area contributed by atoms with Gasteiger partial charge >= 0.3 is 0 Å². The molecular formula is C21H20O. The van der Waals surface area contributed by atoms with E-state index in [9.17, 15) is 0 Å². The van der Waals surface area contributed by atoms with E-state index in [-0.39, 0.29) is 5.41 Å². The average molecular weight is 288 g/mol. The van der Waals surface area contributed by atoms with Crippen LogP contribution in [0.25, 0.3) is 23.1 Å². The van der Waals surface area contributed by atoms with E-state index in [0.717, 1.165) is 16.9 Å². The molecule has 0 saturated heterocycles. The molecule has 0 fully saturated rings.